The Morgan fingerprint density at radius 1 is 1.30 bits per heavy atom. The summed E-state index contributed by atoms with van der Waals surface area (Å²) in [5.41, 5.74) is 1.13. The van der Waals surface area contributed by atoms with Crippen LogP contribution < -0.4 is 0 Å². The second-order valence-electron chi connectivity index (χ2n) is 5.99. The summed E-state index contributed by atoms with van der Waals surface area (Å²) < 4.78 is 7.64. The highest BCUT2D eigenvalue weighted by molar-refractivity contribution is 5.00. The van der Waals surface area contributed by atoms with Gasteiger partial charge in [0, 0.05) is 25.8 Å². The molecule has 0 radical (unpaired) electrons. The van der Waals surface area contributed by atoms with Crippen LogP contribution in [0.2, 0.25) is 0 Å². The maximum absolute atomic E-state index is 9.18. The van der Waals surface area contributed by atoms with Gasteiger partial charge in [-0.15, -0.1) is 0 Å². The summed E-state index contributed by atoms with van der Waals surface area (Å²) in [7, 11) is 0. The van der Waals surface area contributed by atoms with Crippen molar-refractivity contribution in [2.45, 2.75) is 50.8 Å². The Kier molecular flexibility index (Phi) is 4.70. The van der Waals surface area contributed by atoms with Crippen molar-refractivity contribution in [3.8, 4) is 0 Å². The zero-order valence-corrected chi connectivity index (χ0v) is 12.1. The van der Waals surface area contributed by atoms with Crippen LogP contribution in [0.15, 0.2) is 12.3 Å². The van der Waals surface area contributed by atoms with E-state index in [4.69, 9.17) is 9.84 Å². The van der Waals surface area contributed by atoms with E-state index >= 15 is 0 Å². The molecule has 0 aromatic carbocycles. The van der Waals surface area contributed by atoms with Crippen molar-refractivity contribution in [2.75, 3.05) is 26.3 Å². The number of hydrogen-bond donors (Lipinski definition) is 1. The first-order valence-electron chi connectivity index (χ1n) is 7.84. The molecule has 1 aliphatic carbocycles. The van der Waals surface area contributed by atoms with E-state index in [2.05, 4.69) is 21.8 Å². The van der Waals surface area contributed by atoms with Gasteiger partial charge in [-0.05, 0) is 18.9 Å². The summed E-state index contributed by atoms with van der Waals surface area (Å²) >= 11 is 0. The third-order valence-electron chi connectivity index (χ3n) is 4.42. The fraction of sp³-hybridized carbons (Fsp3) is 0.800. The molecule has 1 N–H and O–H groups in total. The van der Waals surface area contributed by atoms with Crippen LogP contribution in [0.25, 0.3) is 0 Å². The molecule has 112 valence electrons. The van der Waals surface area contributed by atoms with E-state index in [0.717, 1.165) is 25.3 Å². The lowest BCUT2D eigenvalue weighted by Gasteiger charge is -2.31. The topological polar surface area (TPSA) is 50.5 Å². The van der Waals surface area contributed by atoms with Gasteiger partial charge in [0.05, 0.1) is 31.1 Å². The number of ether oxygens (including phenoxy) is 1. The first-order valence-corrected chi connectivity index (χ1v) is 7.84. The first kappa shape index (κ1) is 14.0. The van der Waals surface area contributed by atoms with Gasteiger partial charge < -0.3 is 9.84 Å². The van der Waals surface area contributed by atoms with E-state index in [1.165, 1.54) is 32.1 Å². The van der Waals surface area contributed by atoms with Crippen LogP contribution in [-0.4, -0.2) is 52.2 Å². The Labute approximate surface area is 120 Å². The minimum atomic E-state index is -0.0378. The molecule has 2 aliphatic rings. The highest BCUT2D eigenvalue weighted by Gasteiger charge is 2.21. The lowest BCUT2D eigenvalue weighted by atomic mass is 9.96. The molecule has 5 nitrogen and oxygen atoms in total. The van der Waals surface area contributed by atoms with E-state index in [1.807, 2.05) is 0 Å². The van der Waals surface area contributed by atoms with E-state index in [9.17, 15) is 5.11 Å². The highest BCUT2D eigenvalue weighted by Crippen LogP contribution is 2.27. The summed E-state index contributed by atoms with van der Waals surface area (Å²) in [6.07, 6.45) is 8.68. The van der Waals surface area contributed by atoms with Crippen molar-refractivity contribution in [3.63, 3.8) is 0 Å². The lowest BCUT2D eigenvalue weighted by Crippen LogP contribution is -2.43. The van der Waals surface area contributed by atoms with Crippen LogP contribution in [0.3, 0.4) is 0 Å². The second-order valence-corrected chi connectivity index (χ2v) is 5.99. The van der Waals surface area contributed by atoms with Crippen LogP contribution in [0.5, 0.6) is 0 Å². The summed E-state index contributed by atoms with van der Waals surface area (Å²) in [4.78, 5) is 2.32. The van der Waals surface area contributed by atoms with E-state index in [0.29, 0.717) is 12.6 Å². The van der Waals surface area contributed by atoms with Crippen LogP contribution in [0.1, 0.15) is 43.8 Å². The van der Waals surface area contributed by atoms with Crippen molar-refractivity contribution in [1.29, 1.82) is 0 Å². The van der Waals surface area contributed by atoms with Gasteiger partial charge in [-0.25, -0.2) is 0 Å². The fourth-order valence-electron chi connectivity index (χ4n) is 3.27. The van der Waals surface area contributed by atoms with Crippen molar-refractivity contribution in [1.82, 2.24) is 14.7 Å². The van der Waals surface area contributed by atoms with Gasteiger partial charge in [0.15, 0.2) is 0 Å². The molecule has 1 atom stereocenters. The van der Waals surface area contributed by atoms with Crippen molar-refractivity contribution < 1.29 is 9.84 Å². The molecular formula is C15H25N3O2. The van der Waals surface area contributed by atoms with E-state index in [-0.39, 0.29) is 12.7 Å². The Hall–Kier alpha value is -0.910. The predicted molar refractivity (Wildman–Crippen MR) is 76.5 cm³/mol. The van der Waals surface area contributed by atoms with Crippen molar-refractivity contribution in [2.24, 2.45) is 0 Å². The van der Waals surface area contributed by atoms with Gasteiger partial charge in [0.25, 0.3) is 0 Å². The molecule has 1 saturated carbocycles. The largest absolute Gasteiger partial charge is 0.394 e. The van der Waals surface area contributed by atoms with Crippen LogP contribution >= 0.6 is 0 Å². The number of hydrogen-bond acceptors (Lipinski definition) is 4. The van der Waals surface area contributed by atoms with Crippen LogP contribution in [-0.2, 0) is 11.3 Å². The van der Waals surface area contributed by atoms with Gasteiger partial charge in [-0.2, -0.15) is 5.10 Å². The zero-order valence-electron chi connectivity index (χ0n) is 12.1. The average Bonchev–Trinajstić information content (AvgIpc) is 2.97. The predicted octanol–water partition coefficient (Wildman–Crippen LogP) is 1.58. The third kappa shape index (κ3) is 3.40. The highest BCUT2D eigenvalue weighted by atomic mass is 16.5. The summed E-state index contributed by atoms with van der Waals surface area (Å²) in [5.74, 6) is 0. The van der Waals surface area contributed by atoms with Crippen molar-refractivity contribution >= 4 is 0 Å². The van der Waals surface area contributed by atoms with Gasteiger partial charge in [0.2, 0.25) is 0 Å². The number of nitrogens with zero attached hydrogens (tertiary/aromatic N) is 3. The van der Waals surface area contributed by atoms with E-state index in [1.54, 1.807) is 0 Å². The SMILES string of the molecule is OCC1CN(Cc2ccn(C3CCCCC3)n2)CCO1. The number of aromatic nitrogens is 2. The molecule has 20 heavy (non-hydrogen) atoms. The van der Waals surface area contributed by atoms with Gasteiger partial charge in [-0.3, -0.25) is 9.58 Å². The fourth-order valence-corrected chi connectivity index (χ4v) is 3.27. The van der Waals surface area contributed by atoms with Gasteiger partial charge in [-0.1, -0.05) is 19.3 Å². The molecule has 0 amide bonds. The van der Waals surface area contributed by atoms with Gasteiger partial charge in [0.1, 0.15) is 0 Å². The first-order chi connectivity index (χ1) is 9.85. The maximum atomic E-state index is 9.18. The van der Waals surface area contributed by atoms with E-state index < -0.39 is 0 Å². The molecule has 2 heterocycles. The minimum absolute atomic E-state index is 0.0378. The quantitative estimate of drug-likeness (QED) is 0.909. The summed E-state index contributed by atoms with van der Waals surface area (Å²) in [6, 6.07) is 2.74. The molecule has 0 spiro atoms. The molecule has 3 rings (SSSR count). The number of aliphatic hydroxyl groups is 1. The Morgan fingerprint density at radius 2 is 2.15 bits per heavy atom. The normalized spacial score (nSPS) is 25.9. The van der Waals surface area contributed by atoms with Crippen LogP contribution in [0.4, 0.5) is 0 Å². The molecule has 1 aliphatic heterocycles. The Morgan fingerprint density at radius 3 is 2.95 bits per heavy atom. The standard InChI is InChI=1S/C15H25N3O2/c19-12-15-11-17(8-9-20-15)10-13-6-7-18(16-13)14-4-2-1-3-5-14/h6-7,14-15,19H,1-5,8-12H2. The molecule has 1 aromatic rings. The number of rotatable bonds is 4. The van der Waals surface area contributed by atoms with Crippen molar-refractivity contribution in [3.05, 3.63) is 18.0 Å². The zero-order chi connectivity index (χ0) is 13.8. The monoisotopic (exact) mass is 279 g/mol. The molecule has 5 heteroatoms. The average molecular weight is 279 g/mol. The molecule has 2 fully saturated rings. The lowest BCUT2D eigenvalue weighted by molar-refractivity contribution is -0.0554. The summed E-state index contributed by atoms with van der Waals surface area (Å²) in [6.45, 7) is 3.39. The maximum Gasteiger partial charge on any atom is 0.0933 e. The molecule has 1 aromatic heterocycles. The smallest absolute Gasteiger partial charge is 0.0933 e. The summed E-state index contributed by atoms with van der Waals surface area (Å²) in [5, 5.41) is 13.9. The minimum Gasteiger partial charge on any atom is -0.394 e. The molecule has 1 unspecified atom stereocenters. The molecular weight excluding hydrogens is 254 g/mol. The second kappa shape index (κ2) is 6.70. The molecule has 0 bridgehead atoms. The van der Waals surface area contributed by atoms with Gasteiger partial charge >= 0.3 is 0 Å². The Balaban J connectivity index is 1.56. The number of morpholine rings is 1. The Bertz CT molecular complexity index is 415. The molecule has 1 saturated heterocycles. The number of aliphatic hydroxyl groups excluding tert-OH is 1. The van der Waals surface area contributed by atoms with Crippen LogP contribution in [0, 0.1) is 0 Å². The third-order valence-corrected chi connectivity index (χ3v) is 4.42.